The molecule has 1 aromatic rings. The van der Waals surface area contributed by atoms with Crippen LogP contribution in [0.2, 0.25) is 0 Å². The van der Waals surface area contributed by atoms with E-state index in [1.807, 2.05) is 6.26 Å². The molecule has 0 spiro atoms. The highest BCUT2D eigenvalue weighted by molar-refractivity contribution is 7.99. The van der Waals surface area contributed by atoms with Gasteiger partial charge in [0.05, 0.1) is 11.3 Å². The molecular formula is C13H15F4NS. The third kappa shape index (κ3) is 3.55. The predicted molar refractivity (Wildman–Crippen MR) is 70.0 cm³/mol. The van der Waals surface area contributed by atoms with Gasteiger partial charge in [0.1, 0.15) is 5.82 Å². The average Bonchev–Trinajstić information content (AvgIpc) is 2.78. The number of halogens is 4. The van der Waals surface area contributed by atoms with E-state index in [0.717, 1.165) is 25.3 Å². The van der Waals surface area contributed by atoms with Crippen LogP contribution in [0, 0.1) is 5.82 Å². The molecule has 106 valence electrons. The fourth-order valence-electron chi connectivity index (χ4n) is 2.31. The second-order valence-corrected chi connectivity index (χ2v) is 5.84. The van der Waals surface area contributed by atoms with Gasteiger partial charge in [-0.15, -0.1) is 0 Å². The Kier molecular flexibility index (Phi) is 4.28. The molecular weight excluding hydrogens is 278 g/mol. The zero-order valence-electron chi connectivity index (χ0n) is 10.4. The Hall–Kier alpha value is -0.910. The summed E-state index contributed by atoms with van der Waals surface area (Å²) in [4.78, 5) is 0. The van der Waals surface area contributed by atoms with Crippen molar-refractivity contribution in [2.45, 2.75) is 36.7 Å². The van der Waals surface area contributed by atoms with Crippen molar-refractivity contribution in [3.8, 4) is 0 Å². The van der Waals surface area contributed by atoms with Crippen molar-refractivity contribution in [1.29, 1.82) is 0 Å². The summed E-state index contributed by atoms with van der Waals surface area (Å²) in [6.07, 6.45) is 0.428. The van der Waals surface area contributed by atoms with E-state index in [1.54, 1.807) is 11.8 Å². The Balaban J connectivity index is 2.06. The Morgan fingerprint density at radius 3 is 2.53 bits per heavy atom. The van der Waals surface area contributed by atoms with Crippen LogP contribution in [0.5, 0.6) is 0 Å². The summed E-state index contributed by atoms with van der Waals surface area (Å²) in [5.41, 5.74) is -0.802. The second-order valence-electron chi connectivity index (χ2n) is 4.70. The van der Waals surface area contributed by atoms with E-state index >= 15 is 0 Å². The molecule has 2 atom stereocenters. The number of nitrogens with one attached hydrogen (secondary N) is 1. The molecule has 0 radical (unpaired) electrons. The molecule has 2 rings (SSSR count). The van der Waals surface area contributed by atoms with Gasteiger partial charge in [-0.1, -0.05) is 0 Å². The lowest BCUT2D eigenvalue weighted by Crippen LogP contribution is -2.17. The maximum absolute atomic E-state index is 13.6. The zero-order chi connectivity index (χ0) is 14.0. The number of hydrogen-bond acceptors (Lipinski definition) is 2. The van der Waals surface area contributed by atoms with Gasteiger partial charge in [-0.25, -0.2) is 4.39 Å². The van der Waals surface area contributed by atoms with E-state index < -0.39 is 17.6 Å². The predicted octanol–water partition coefficient (Wildman–Crippen LogP) is 4.54. The summed E-state index contributed by atoms with van der Waals surface area (Å²) in [7, 11) is 0. The van der Waals surface area contributed by atoms with E-state index in [4.69, 9.17) is 0 Å². The summed E-state index contributed by atoms with van der Waals surface area (Å²) in [5.74, 6) is -0.845. The minimum atomic E-state index is -4.50. The molecule has 1 aromatic carbocycles. The first-order valence-electron chi connectivity index (χ1n) is 6.06. The van der Waals surface area contributed by atoms with Crippen LogP contribution >= 0.6 is 11.8 Å². The van der Waals surface area contributed by atoms with Gasteiger partial charge < -0.3 is 5.32 Å². The van der Waals surface area contributed by atoms with Crippen molar-refractivity contribution in [2.24, 2.45) is 0 Å². The molecule has 0 saturated heterocycles. The fraction of sp³-hybridized carbons (Fsp3) is 0.538. The quantitative estimate of drug-likeness (QED) is 0.821. The molecule has 0 aliphatic heterocycles. The van der Waals surface area contributed by atoms with Crippen LogP contribution in [-0.2, 0) is 6.18 Å². The van der Waals surface area contributed by atoms with Crippen LogP contribution in [0.4, 0.5) is 23.2 Å². The molecule has 1 fully saturated rings. The van der Waals surface area contributed by atoms with Crippen molar-refractivity contribution in [3.05, 3.63) is 29.6 Å². The van der Waals surface area contributed by atoms with Gasteiger partial charge in [-0.2, -0.15) is 24.9 Å². The summed E-state index contributed by atoms with van der Waals surface area (Å²) in [6.45, 7) is 0. The SMILES string of the molecule is CSC1CCC(Nc2ccc(C(F)(F)F)cc2F)C1. The van der Waals surface area contributed by atoms with Gasteiger partial charge in [-0.3, -0.25) is 0 Å². The maximum Gasteiger partial charge on any atom is 0.416 e. The Morgan fingerprint density at radius 2 is 2.00 bits per heavy atom. The molecule has 1 aliphatic rings. The first-order chi connectivity index (χ1) is 8.90. The van der Waals surface area contributed by atoms with Gasteiger partial charge in [-0.05, 0) is 43.7 Å². The number of rotatable bonds is 3. The van der Waals surface area contributed by atoms with Crippen LogP contribution in [0.15, 0.2) is 18.2 Å². The molecule has 6 heteroatoms. The van der Waals surface area contributed by atoms with E-state index in [9.17, 15) is 17.6 Å². The van der Waals surface area contributed by atoms with E-state index in [-0.39, 0.29) is 11.7 Å². The van der Waals surface area contributed by atoms with Gasteiger partial charge in [0.2, 0.25) is 0 Å². The second kappa shape index (κ2) is 5.61. The molecule has 0 aromatic heterocycles. The summed E-state index contributed by atoms with van der Waals surface area (Å²) < 4.78 is 50.9. The normalized spacial score (nSPS) is 23.6. The van der Waals surface area contributed by atoms with Crippen molar-refractivity contribution < 1.29 is 17.6 Å². The number of anilines is 1. The van der Waals surface area contributed by atoms with Crippen LogP contribution < -0.4 is 5.32 Å². The van der Waals surface area contributed by atoms with E-state index in [1.165, 1.54) is 6.07 Å². The van der Waals surface area contributed by atoms with E-state index in [2.05, 4.69) is 5.32 Å². The topological polar surface area (TPSA) is 12.0 Å². The van der Waals surface area contributed by atoms with Crippen molar-refractivity contribution in [3.63, 3.8) is 0 Å². The summed E-state index contributed by atoms with van der Waals surface area (Å²) in [5, 5.41) is 3.55. The Bertz CT molecular complexity index is 447. The molecule has 2 unspecified atom stereocenters. The minimum Gasteiger partial charge on any atom is -0.380 e. The first kappa shape index (κ1) is 14.5. The van der Waals surface area contributed by atoms with Crippen LogP contribution in [0.1, 0.15) is 24.8 Å². The lowest BCUT2D eigenvalue weighted by Gasteiger charge is -2.16. The molecule has 0 amide bonds. The van der Waals surface area contributed by atoms with Crippen molar-refractivity contribution >= 4 is 17.4 Å². The van der Waals surface area contributed by atoms with E-state index in [0.29, 0.717) is 11.3 Å². The Morgan fingerprint density at radius 1 is 1.26 bits per heavy atom. The Labute approximate surface area is 113 Å². The highest BCUT2D eigenvalue weighted by atomic mass is 32.2. The monoisotopic (exact) mass is 293 g/mol. The first-order valence-corrected chi connectivity index (χ1v) is 7.35. The van der Waals surface area contributed by atoms with Crippen molar-refractivity contribution in [1.82, 2.24) is 0 Å². The van der Waals surface area contributed by atoms with Gasteiger partial charge in [0, 0.05) is 11.3 Å². The van der Waals surface area contributed by atoms with Crippen molar-refractivity contribution in [2.75, 3.05) is 11.6 Å². The molecule has 19 heavy (non-hydrogen) atoms. The lowest BCUT2D eigenvalue weighted by molar-refractivity contribution is -0.137. The molecule has 1 aliphatic carbocycles. The molecule has 0 bridgehead atoms. The molecule has 1 saturated carbocycles. The standard InChI is InChI=1S/C13H15F4NS/c1-19-10-4-3-9(7-10)18-12-5-2-8(6-11(12)14)13(15,16)17/h2,5-6,9-10,18H,3-4,7H2,1H3. The maximum atomic E-state index is 13.6. The number of thioether (sulfide) groups is 1. The summed E-state index contributed by atoms with van der Waals surface area (Å²) >= 11 is 1.77. The summed E-state index contributed by atoms with van der Waals surface area (Å²) in [6, 6.07) is 2.77. The van der Waals surface area contributed by atoms with Gasteiger partial charge in [0.25, 0.3) is 0 Å². The fourth-order valence-corrected chi connectivity index (χ4v) is 3.11. The highest BCUT2D eigenvalue weighted by Gasteiger charge is 2.31. The van der Waals surface area contributed by atoms with Crippen LogP contribution in [0.3, 0.4) is 0 Å². The number of alkyl halides is 3. The number of hydrogen-bond donors (Lipinski definition) is 1. The van der Waals surface area contributed by atoms with Crippen LogP contribution in [-0.4, -0.2) is 17.5 Å². The molecule has 0 heterocycles. The highest BCUT2D eigenvalue weighted by Crippen LogP contribution is 2.33. The zero-order valence-corrected chi connectivity index (χ0v) is 11.2. The third-order valence-corrected chi connectivity index (χ3v) is 4.47. The lowest BCUT2D eigenvalue weighted by atomic mass is 10.1. The molecule has 1 nitrogen and oxygen atoms in total. The molecule has 1 N–H and O–H groups in total. The van der Waals surface area contributed by atoms with Gasteiger partial charge >= 0.3 is 6.18 Å². The minimum absolute atomic E-state index is 0.142. The number of benzene rings is 1. The van der Waals surface area contributed by atoms with Gasteiger partial charge in [0.15, 0.2) is 0 Å². The smallest absolute Gasteiger partial charge is 0.380 e. The third-order valence-electron chi connectivity index (χ3n) is 3.37. The average molecular weight is 293 g/mol. The van der Waals surface area contributed by atoms with Crippen LogP contribution in [0.25, 0.3) is 0 Å². The largest absolute Gasteiger partial charge is 0.416 e.